The van der Waals surface area contributed by atoms with E-state index in [1.165, 1.54) is 0 Å². The SMILES string of the molecule is Nc1ccc(CCNC(=O)Cc2ccc(N)cc2)cc1. The Balaban J connectivity index is 1.75. The number of hydrogen-bond donors (Lipinski definition) is 3. The average Bonchev–Trinajstić information content (AvgIpc) is 2.44. The molecule has 0 saturated carbocycles. The summed E-state index contributed by atoms with van der Waals surface area (Å²) in [6.45, 7) is 0.623. The largest absolute Gasteiger partial charge is 0.399 e. The summed E-state index contributed by atoms with van der Waals surface area (Å²) in [4.78, 5) is 11.8. The normalized spacial score (nSPS) is 10.2. The molecule has 2 aromatic rings. The Labute approximate surface area is 118 Å². The van der Waals surface area contributed by atoms with Crippen molar-refractivity contribution in [2.24, 2.45) is 0 Å². The summed E-state index contributed by atoms with van der Waals surface area (Å²) in [7, 11) is 0. The van der Waals surface area contributed by atoms with Gasteiger partial charge < -0.3 is 16.8 Å². The van der Waals surface area contributed by atoms with Gasteiger partial charge in [0.05, 0.1) is 6.42 Å². The molecule has 1 amide bonds. The lowest BCUT2D eigenvalue weighted by Crippen LogP contribution is -2.27. The van der Waals surface area contributed by atoms with Crippen LogP contribution in [0, 0.1) is 0 Å². The smallest absolute Gasteiger partial charge is 0.224 e. The summed E-state index contributed by atoms with van der Waals surface area (Å²) in [6, 6.07) is 15.0. The Kier molecular flexibility index (Phi) is 4.60. The quantitative estimate of drug-likeness (QED) is 0.723. The average molecular weight is 269 g/mol. The summed E-state index contributed by atoms with van der Waals surface area (Å²) < 4.78 is 0. The lowest BCUT2D eigenvalue weighted by Gasteiger charge is -2.06. The molecule has 2 aromatic carbocycles. The number of carbonyl (C=O) groups is 1. The third-order valence-electron chi connectivity index (χ3n) is 3.06. The highest BCUT2D eigenvalue weighted by Crippen LogP contribution is 2.07. The molecule has 0 fully saturated rings. The summed E-state index contributed by atoms with van der Waals surface area (Å²) in [5.41, 5.74) is 14.8. The van der Waals surface area contributed by atoms with Crippen molar-refractivity contribution >= 4 is 17.3 Å². The molecule has 0 atom stereocenters. The first-order valence-electron chi connectivity index (χ1n) is 6.59. The summed E-state index contributed by atoms with van der Waals surface area (Å²) >= 11 is 0. The molecule has 0 aromatic heterocycles. The predicted molar refractivity (Wildman–Crippen MR) is 82.1 cm³/mol. The fourth-order valence-electron chi connectivity index (χ4n) is 1.91. The molecule has 0 unspecified atom stereocenters. The van der Waals surface area contributed by atoms with Crippen molar-refractivity contribution in [3.63, 3.8) is 0 Å². The van der Waals surface area contributed by atoms with Crippen LogP contribution in [-0.4, -0.2) is 12.5 Å². The van der Waals surface area contributed by atoms with Gasteiger partial charge in [-0.05, 0) is 41.8 Å². The number of nitrogens with one attached hydrogen (secondary N) is 1. The molecule has 0 heterocycles. The van der Waals surface area contributed by atoms with Gasteiger partial charge in [-0.2, -0.15) is 0 Å². The maximum absolute atomic E-state index is 11.8. The standard InChI is InChI=1S/C16H19N3O/c17-14-5-1-12(2-6-14)9-10-19-16(20)11-13-3-7-15(18)8-4-13/h1-8H,9-11,17-18H2,(H,19,20). The zero-order chi connectivity index (χ0) is 14.4. The minimum absolute atomic E-state index is 0.0187. The number of nitrogens with two attached hydrogens (primary N) is 2. The van der Waals surface area contributed by atoms with Gasteiger partial charge in [0.1, 0.15) is 0 Å². The number of hydrogen-bond acceptors (Lipinski definition) is 3. The molecule has 104 valence electrons. The van der Waals surface area contributed by atoms with Crippen molar-refractivity contribution in [2.75, 3.05) is 18.0 Å². The molecule has 2 rings (SSSR count). The molecule has 0 bridgehead atoms. The molecule has 0 aliphatic heterocycles. The van der Waals surface area contributed by atoms with Crippen molar-refractivity contribution in [2.45, 2.75) is 12.8 Å². The highest BCUT2D eigenvalue weighted by molar-refractivity contribution is 5.78. The Morgan fingerprint density at radius 1 is 0.850 bits per heavy atom. The number of amides is 1. The zero-order valence-electron chi connectivity index (χ0n) is 11.3. The first-order chi connectivity index (χ1) is 9.63. The van der Waals surface area contributed by atoms with Crippen LogP contribution in [0.5, 0.6) is 0 Å². The van der Waals surface area contributed by atoms with Crippen LogP contribution in [0.4, 0.5) is 11.4 Å². The summed E-state index contributed by atoms with van der Waals surface area (Å²) in [5, 5.41) is 2.91. The van der Waals surface area contributed by atoms with Gasteiger partial charge in [0.2, 0.25) is 5.91 Å². The van der Waals surface area contributed by atoms with E-state index in [-0.39, 0.29) is 5.91 Å². The van der Waals surface area contributed by atoms with Crippen molar-refractivity contribution in [3.05, 3.63) is 59.7 Å². The van der Waals surface area contributed by atoms with E-state index in [2.05, 4.69) is 5.32 Å². The molecule has 5 N–H and O–H groups in total. The number of rotatable bonds is 5. The lowest BCUT2D eigenvalue weighted by molar-refractivity contribution is -0.120. The highest BCUT2D eigenvalue weighted by atomic mass is 16.1. The van der Waals surface area contributed by atoms with E-state index in [0.29, 0.717) is 18.7 Å². The molecule has 0 aliphatic carbocycles. The van der Waals surface area contributed by atoms with Crippen molar-refractivity contribution in [1.82, 2.24) is 5.32 Å². The second kappa shape index (κ2) is 6.61. The van der Waals surface area contributed by atoms with E-state index in [9.17, 15) is 4.79 Å². The first kappa shape index (κ1) is 13.9. The zero-order valence-corrected chi connectivity index (χ0v) is 11.3. The van der Waals surface area contributed by atoms with Crippen molar-refractivity contribution < 1.29 is 4.79 Å². The predicted octanol–water partition coefficient (Wildman–Crippen LogP) is 1.75. The molecule has 4 heteroatoms. The van der Waals surface area contributed by atoms with Crippen LogP contribution in [0.15, 0.2) is 48.5 Å². The molecule has 0 saturated heterocycles. The summed E-state index contributed by atoms with van der Waals surface area (Å²) in [5.74, 6) is 0.0187. The first-order valence-corrected chi connectivity index (χ1v) is 6.59. The summed E-state index contributed by atoms with van der Waals surface area (Å²) in [6.07, 6.45) is 1.18. The Hall–Kier alpha value is -2.49. The number of carbonyl (C=O) groups excluding carboxylic acids is 1. The minimum atomic E-state index is 0.0187. The Bertz CT molecular complexity index is 561. The molecule has 20 heavy (non-hydrogen) atoms. The Morgan fingerprint density at radius 3 is 1.90 bits per heavy atom. The van der Waals surface area contributed by atoms with Gasteiger partial charge in [-0.25, -0.2) is 0 Å². The second-order valence-corrected chi connectivity index (χ2v) is 4.76. The maximum Gasteiger partial charge on any atom is 0.224 e. The topological polar surface area (TPSA) is 81.1 Å². The maximum atomic E-state index is 11.8. The van der Waals surface area contributed by atoms with E-state index in [0.717, 1.165) is 23.2 Å². The van der Waals surface area contributed by atoms with Gasteiger partial charge in [0, 0.05) is 17.9 Å². The van der Waals surface area contributed by atoms with Gasteiger partial charge >= 0.3 is 0 Å². The van der Waals surface area contributed by atoms with Crippen LogP contribution in [0.2, 0.25) is 0 Å². The third kappa shape index (κ3) is 4.31. The van der Waals surface area contributed by atoms with Gasteiger partial charge in [-0.1, -0.05) is 24.3 Å². The van der Waals surface area contributed by atoms with E-state index < -0.39 is 0 Å². The van der Waals surface area contributed by atoms with Gasteiger partial charge in [0.25, 0.3) is 0 Å². The van der Waals surface area contributed by atoms with E-state index in [4.69, 9.17) is 11.5 Å². The van der Waals surface area contributed by atoms with E-state index >= 15 is 0 Å². The van der Waals surface area contributed by atoms with Crippen LogP contribution in [0.1, 0.15) is 11.1 Å². The van der Waals surface area contributed by atoms with Gasteiger partial charge in [-0.15, -0.1) is 0 Å². The minimum Gasteiger partial charge on any atom is -0.399 e. The van der Waals surface area contributed by atoms with E-state index in [1.807, 2.05) is 36.4 Å². The Morgan fingerprint density at radius 2 is 1.35 bits per heavy atom. The monoisotopic (exact) mass is 269 g/mol. The van der Waals surface area contributed by atoms with Crippen molar-refractivity contribution in [1.29, 1.82) is 0 Å². The number of nitrogen functional groups attached to an aromatic ring is 2. The molecule has 0 spiro atoms. The third-order valence-corrected chi connectivity index (χ3v) is 3.06. The fraction of sp³-hybridized carbons (Fsp3) is 0.188. The van der Waals surface area contributed by atoms with Gasteiger partial charge in [0.15, 0.2) is 0 Å². The molecular formula is C16H19N3O. The van der Waals surface area contributed by atoms with E-state index in [1.54, 1.807) is 12.1 Å². The number of benzene rings is 2. The van der Waals surface area contributed by atoms with Gasteiger partial charge in [-0.3, -0.25) is 4.79 Å². The highest BCUT2D eigenvalue weighted by Gasteiger charge is 2.02. The number of anilines is 2. The van der Waals surface area contributed by atoms with Crippen molar-refractivity contribution in [3.8, 4) is 0 Å². The van der Waals surface area contributed by atoms with Crippen LogP contribution in [0.25, 0.3) is 0 Å². The molecule has 4 nitrogen and oxygen atoms in total. The molecular weight excluding hydrogens is 250 g/mol. The lowest BCUT2D eigenvalue weighted by atomic mass is 10.1. The fourth-order valence-corrected chi connectivity index (χ4v) is 1.91. The van der Waals surface area contributed by atoms with Crippen LogP contribution in [-0.2, 0) is 17.6 Å². The van der Waals surface area contributed by atoms with Crippen LogP contribution in [0.3, 0.4) is 0 Å². The molecule has 0 aliphatic rings. The van der Waals surface area contributed by atoms with Crippen LogP contribution >= 0.6 is 0 Å². The molecule has 0 radical (unpaired) electrons. The second-order valence-electron chi connectivity index (χ2n) is 4.76. The van der Waals surface area contributed by atoms with Crippen LogP contribution < -0.4 is 16.8 Å².